The van der Waals surface area contributed by atoms with Gasteiger partial charge in [-0.3, -0.25) is 4.79 Å². The van der Waals surface area contributed by atoms with E-state index in [0.717, 1.165) is 25.9 Å². The van der Waals surface area contributed by atoms with Gasteiger partial charge < -0.3 is 10.6 Å². The van der Waals surface area contributed by atoms with Crippen LogP contribution in [-0.2, 0) is 4.79 Å². The minimum Gasteiger partial charge on any atom is -0.343 e. The Kier molecular flexibility index (Phi) is 3.53. The summed E-state index contributed by atoms with van der Waals surface area (Å²) >= 11 is 0. The second-order valence-electron chi connectivity index (χ2n) is 5.45. The highest BCUT2D eigenvalue weighted by Gasteiger charge is 2.41. The van der Waals surface area contributed by atoms with E-state index in [9.17, 15) is 4.79 Å². The number of hydrogen-bond donors (Lipinski definition) is 1. The monoisotopic (exact) mass is 224 g/mol. The largest absolute Gasteiger partial charge is 0.343 e. The predicted octanol–water partition coefficient (Wildman–Crippen LogP) is 1.91. The number of nitrogens with two attached hydrogens (primary N) is 1. The minimum atomic E-state index is 0.305. The topological polar surface area (TPSA) is 46.3 Å². The Morgan fingerprint density at radius 1 is 1.31 bits per heavy atom. The lowest BCUT2D eigenvalue weighted by Gasteiger charge is -2.48. The van der Waals surface area contributed by atoms with Crippen LogP contribution in [0.5, 0.6) is 0 Å². The lowest BCUT2D eigenvalue weighted by molar-refractivity contribution is -0.133. The summed E-state index contributed by atoms with van der Waals surface area (Å²) in [7, 11) is 0. The Hall–Kier alpha value is -0.570. The van der Waals surface area contributed by atoms with Crippen LogP contribution in [0.1, 0.15) is 51.9 Å². The van der Waals surface area contributed by atoms with Gasteiger partial charge in [-0.1, -0.05) is 19.8 Å². The summed E-state index contributed by atoms with van der Waals surface area (Å²) in [6, 6.07) is 0.375. The van der Waals surface area contributed by atoms with Crippen molar-refractivity contribution < 1.29 is 4.79 Å². The van der Waals surface area contributed by atoms with Crippen molar-refractivity contribution in [3.63, 3.8) is 0 Å². The molecule has 1 aliphatic heterocycles. The van der Waals surface area contributed by atoms with Crippen LogP contribution in [0.3, 0.4) is 0 Å². The van der Waals surface area contributed by atoms with Crippen molar-refractivity contribution >= 4 is 5.91 Å². The van der Waals surface area contributed by atoms with Crippen LogP contribution in [0.4, 0.5) is 0 Å². The third-order valence-electron chi connectivity index (χ3n) is 4.64. The molecule has 2 N–H and O–H groups in total. The van der Waals surface area contributed by atoms with E-state index in [1.807, 2.05) is 11.8 Å². The molecule has 0 aromatic rings. The zero-order chi connectivity index (χ0) is 11.6. The first-order valence-electron chi connectivity index (χ1n) is 6.71. The molecule has 1 heterocycles. The van der Waals surface area contributed by atoms with Crippen LogP contribution < -0.4 is 5.73 Å². The van der Waals surface area contributed by atoms with Crippen molar-refractivity contribution in [2.75, 3.05) is 13.1 Å². The Bertz CT molecular complexity index is 257. The van der Waals surface area contributed by atoms with Crippen LogP contribution >= 0.6 is 0 Å². The van der Waals surface area contributed by atoms with Gasteiger partial charge in [0.25, 0.3) is 0 Å². The molecular formula is C13H24N2O. The predicted molar refractivity (Wildman–Crippen MR) is 65.0 cm³/mol. The van der Waals surface area contributed by atoms with Crippen molar-refractivity contribution in [3.05, 3.63) is 0 Å². The van der Waals surface area contributed by atoms with E-state index in [-0.39, 0.29) is 0 Å². The van der Waals surface area contributed by atoms with Gasteiger partial charge in [0.15, 0.2) is 0 Å². The van der Waals surface area contributed by atoms with Gasteiger partial charge >= 0.3 is 0 Å². The van der Waals surface area contributed by atoms with E-state index in [0.29, 0.717) is 23.8 Å². The first kappa shape index (κ1) is 11.9. The average molecular weight is 224 g/mol. The van der Waals surface area contributed by atoms with Crippen molar-refractivity contribution in [3.8, 4) is 0 Å². The number of likely N-dealkylation sites (tertiary alicyclic amines) is 1. The molecule has 0 radical (unpaired) electrons. The van der Waals surface area contributed by atoms with Crippen molar-refractivity contribution in [1.29, 1.82) is 0 Å². The third-order valence-corrected chi connectivity index (χ3v) is 4.64. The summed E-state index contributed by atoms with van der Waals surface area (Å²) < 4.78 is 0. The average Bonchev–Trinajstić information content (AvgIpc) is 2.33. The smallest absolute Gasteiger partial charge is 0.222 e. The maximum Gasteiger partial charge on any atom is 0.222 e. The summed E-state index contributed by atoms with van der Waals surface area (Å²) in [6.45, 7) is 3.81. The summed E-state index contributed by atoms with van der Waals surface area (Å²) in [6.07, 6.45) is 7.97. The highest BCUT2D eigenvalue weighted by Crippen LogP contribution is 2.43. The van der Waals surface area contributed by atoms with Crippen LogP contribution in [0.2, 0.25) is 0 Å². The van der Waals surface area contributed by atoms with Crippen LogP contribution in [0, 0.1) is 5.41 Å². The molecule has 0 aromatic carbocycles. The fraction of sp³-hybridized carbons (Fsp3) is 0.923. The molecule has 2 fully saturated rings. The van der Waals surface area contributed by atoms with E-state index in [2.05, 4.69) is 0 Å². The lowest BCUT2D eigenvalue weighted by atomic mass is 9.65. The summed E-state index contributed by atoms with van der Waals surface area (Å²) in [4.78, 5) is 13.6. The molecule has 16 heavy (non-hydrogen) atoms. The fourth-order valence-electron chi connectivity index (χ4n) is 3.38. The standard InChI is InChI=1S/C13H24N2O/c1-2-12(16)15-9-7-13(8-10-15)6-4-3-5-11(13)14/h11H,2-10,14H2,1H3. The first-order chi connectivity index (χ1) is 7.68. The first-order valence-corrected chi connectivity index (χ1v) is 6.71. The second-order valence-corrected chi connectivity index (χ2v) is 5.45. The zero-order valence-electron chi connectivity index (χ0n) is 10.4. The van der Waals surface area contributed by atoms with Crippen molar-refractivity contribution in [1.82, 2.24) is 4.90 Å². The number of amides is 1. The molecule has 1 spiro atoms. The zero-order valence-corrected chi connectivity index (χ0v) is 10.4. The van der Waals surface area contributed by atoms with Gasteiger partial charge in [-0.05, 0) is 31.1 Å². The molecule has 3 nitrogen and oxygen atoms in total. The number of nitrogens with zero attached hydrogens (tertiary/aromatic N) is 1. The Morgan fingerprint density at radius 2 is 2.00 bits per heavy atom. The van der Waals surface area contributed by atoms with Gasteiger partial charge in [0, 0.05) is 25.6 Å². The van der Waals surface area contributed by atoms with E-state index in [1.54, 1.807) is 0 Å². The Balaban J connectivity index is 1.95. The number of carbonyl (C=O) groups excluding carboxylic acids is 1. The molecule has 1 unspecified atom stereocenters. The van der Waals surface area contributed by atoms with Gasteiger partial charge in [0.2, 0.25) is 5.91 Å². The molecule has 1 amide bonds. The molecule has 2 rings (SSSR count). The fourth-order valence-corrected chi connectivity index (χ4v) is 3.38. The normalized spacial score (nSPS) is 29.4. The molecule has 1 saturated heterocycles. The Morgan fingerprint density at radius 3 is 2.56 bits per heavy atom. The quantitative estimate of drug-likeness (QED) is 0.739. The van der Waals surface area contributed by atoms with Crippen LogP contribution in [-0.4, -0.2) is 29.9 Å². The Labute approximate surface area is 98.4 Å². The molecular weight excluding hydrogens is 200 g/mol. The van der Waals surface area contributed by atoms with Crippen LogP contribution in [0.15, 0.2) is 0 Å². The summed E-state index contributed by atoms with van der Waals surface area (Å²) in [5.41, 5.74) is 6.66. The highest BCUT2D eigenvalue weighted by molar-refractivity contribution is 5.75. The lowest BCUT2D eigenvalue weighted by Crippen LogP contribution is -2.52. The van der Waals surface area contributed by atoms with Gasteiger partial charge in [0.05, 0.1) is 0 Å². The van der Waals surface area contributed by atoms with Gasteiger partial charge in [-0.15, -0.1) is 0 Å². The van der Waals surface area contributed by atoms with Crippen molar-refractivity contribution in [2.24, 2.45) is 11.1 Å². The highest BCUT2D eigenvalue weighted by atomic mass is 16.2. The van der Waals surface area contributed by atoms with E-state index in [1.165, 1.54) is 25.7 Å². The molecule has 0 aromatic heterocycles. The molecule has 0 bridgehead atoms. The van der Waals surface area contributed by atoms with Gasteiger partial charge in [0.1, 0.15) is 0 Å². The second kappa shape index (κ2) is 4.74. The van der Waals surface area contributed by atoms with Gasteiger partial charge in [-0.2, -0.15) is 0 Å². The van der Waals surface area contributed by atoms with E-state index in [4.69, 9.17) is 5.73 Å². The summed E-state index contributed by atoms with van der Waals surface area (Å²) in [5, 5.41) is 0. The molecule has 1 aliphatic carbocycles. The van der Waals surface area contributed by atoms with Gasteiger partial charge in [-0.25, -0.2) is 0 Å². The van der Waals surface area contributed by atoms with E-state index >= 15 is 0 Å². The molecule has 1 saturated carbocycles. The maximum atomic E-state index is 11.6. The SMILES string of the molecule is CCC(=O)N1CCC2(CCCCC2N)CC1. The van der Waals surface area contributed by atoms with E-state index < -0.39 is 0 Å². The maximum absolute atomic E-state index is 11.6. The molecule has 1 atom stereocenters. The van der Waals surface area contributed by atoms with Crippen LogP contribution in [0.25, 0.3) is 0 Å². The number of rotatable bonds is 1. The molecule has 92 valence electrons. The number of piperidine rings is 1. The number of carbonyl (C=O) groups is 1. The van der Waals surface area contributed by atoms with Crippen molar-refractivity contribution in [2.45, 2.75) is 57.9 Å². The number of hydrogen-bond acceptors (Lipinski definition) is 2. The minimum absolute atomic E-state index is 0.305. The third kappa shape index (κ3) is 2.10. The molecule has 3 heteroatoms. The molecule has 2 aliphatic rings. The summed E-state index contributed by atoms with van der Waals surface area (Å²) in [5.74, 6) is 0.305.